The molecule has 1 aromatic heterocycles. The number of imidazole rings is 1. The smallest absolute Gasteiger partial charge is 0.0945 e. The Labute approximate surface area is 92.5 Å². The summed E-state index contributed by atoms with van der Waals surface area (Å²) in [7, 11) is 1.79. The van der Waals surface area contributed by atoms with Crippen LogP contribution in [0, 0.1) is 5.92 Å². The maximum Gasteiger partial charge on any atom is 0.0945 e. The van der Waals surface area contributed by atoms with Crippen molar-refractivity contribution in [2.75, 3.05) is 13.7 Å². The van der Waals surface area contributed by atoms with Gasteiger partial charge in [-0.2, -0.15) is 0 Å². The molecule has 86 valence electrons. The Hall–Kier alpha value is -0.830. The van der Waals surface area contributed by atoms with E-state index >= 15 is 0 Å². The van der Waals surface area contributed by atoms with E-state index in [-0.39, 0.29) is 0 Å². The molecule has 0 saturated carbocycles. The molecular formula is C12H22N2O. The van der Waals surface area contributed by atoms with E-state index in [1.165, 1.54) is 25.7 Å². The van der Waals surface area contributed by atoms with Crippen molar-refractivity contribution < 1.29 is 4.74 Å². The van der Waals surface area contributed by atoms with Crippen molar-refractivity contribution in [2.45, 2.75) is 39.2 Å². The van der Waals surface area contributed by atoms with Crippen LogP contribution >= 0.6 is 0 Å². The highest BCUT2D eigenvalue weighted by Gasteiger charge is 2.06. The van der Waals surface area contributed by atoms with Crippen LogP contribution < -0.4 is 0 Å². The number of aromatic nitrogens is 2. The van der Waals surface area contributed by atoms with Crippen molar-refractivity contribution in [2.24, 2.45) is 5.92 Å². The van der Waals surface area contributed by atoms with E-state index in [1.54, 1.807) is 7.11 Å². The van der Waals surface area contributed by atoms with Crippen molar-refractivity contribution in [1.29, 1.82) is 0 Å². The average Bonchev–Trinajstić information content (AvgIpc) is 2.71. The highest BCUT2D eigenvalue weighted by Crippen LogP contribution is 2.14. The first-order valence-electron chi connectivity index (χ1n) is 5.81. The van der Waals surface area contributed by atoms with Crippen LogP contribution in [0.5, 0.6) is 0 Å². The summed E-state index contributed by atoms with van der Waals surface area (Å²) in [6.07, 6.45) is 10.7. The lowest BCUT2D eigenvalue weighted by Crippen LogP contribution is -2.09. The maximum absolute atomic E-state index is 5.23. The van der Waals surface area contributed by atoms with Crippen LogP contribution in [0.25, 0.3) is 0 Å². The van der Waals surface area contributed by atoms with Gasteiger partial charge in [0.2, 0.25) is 0 Å². The first-order chi connectivity index (χ1) is 7.36. The first-order valence-corrected chi connectivity index (χ1v) is 5.81. The molecular weight excluding hydrogens is 188 g/mol. The molecule has 3 nitrogen and oxygen atoms in total. The van der Waals surface area contributed by atoms with Gasteiger partial charge in [-0.25, -0.2) is 4.98 Å². The van der Waals surface area contributed by atoms with Gasteiger partial charge >= 0.3 is 0 Å². The normalized spacial score (nSPS) is 12.9. The van der Waals surface area contributed by atoms with Crippen molar-refractivity contribution in [3.8, 4) is 0 Å². The summed E-state index contributed by atoms with van der Waals surface area (Å²) in [6, 6.07) is 0. The van der Waals surface area contributed by atoms with Gasteiger partial charge < -0.3 is 9.30 Å². The Morgan fingerprint density at radius 1 is 1.40 bits per heavy atom. The minimum atomic E-state index is 0.725. The quantitative estimate of drug-likeness (QED) is 0.659. The molecule has 1 aromatic rings. The molecule has 1 atom stereocenters. The molecule has 0 aromatic carbocycles. The van der Waals surface area contributed by atoms with Crippen LogP contribution in [-0.2, 0) is 11.3 Å². The predicted molar refractivity (Wildman–Crippen MR) is 61.7 cm³/mol. The van der Waals surface area contributed by atoms with Gasteiger partial charge in [0.15, 0.2) is 0 Å². The third-order valence-electron chi connectivity index (χ3n) is 2.69. The molecule has 0 aliphatic rings. The zero-order valence-electron chi connectivity index (χ0n) is 9.85. The molecule has 3 heteroatoms. The molecule has 0 radical (unpaired) electrons. The molecule has 0 fully saturated rings. The fourth-order valence-corrected chi connectivity index (χ4v) is 1.94. The summed E-state index contributed by atoms with van der Waals surface area (Å²) < 4.78 is 7.36. The minimum Gasteiger partial charge on any atom is -0.384 e. The van der Waals surface area contributed by atoms with Gasteiger partial charge in [-0.1, -0.05) is 13.3 Å². The molecule has 1 rings (SSSR count). The Morgan fingerprint density at radius 3 is 2.87 bits per heavy atom. The SMILES string of the molecule is CCC[C@H](CCCn1ccnc1)COC. The Bertz CT molecular complexity index is 228. The molecule has 0 aliphatic heterocycles. The van der Waals surface area contributed by atoms with Crippen LogP contribution in [-0.4, -0.2) is 23.3 Å². The van der Waals surface area contributed by atoms with Crippen LogP contribution in [0.1, 0.15) is 32.6 Å². The van der Waals surface area contributed by atoms with Crippen LogP contribution in [0.15, 0.2) is 18.7 Å². The monoisotopic (exact) mass is 210 g/mol. The second-order valence-corrected chi connectivity index (χ2v) is 4.05. The largest absolute Gasteiger partial charge is 0.384 e. The minimum absolute atomic E-state index is 0.725. The molecule has 0 amide bonds. The van der Waals surface area contributed by atoms with Gasteiger partial charge in [-0.15, -0.1) is 0 Å². The van der Waals surface area contributed by atoms with E-state index < -0.39 is 0 Å². The Morgan fingerprint density at radius 2 is 2.27 bits per heavy atom. The summed E-state index contributed by atoms with van der Waals surface area (Å²) in [6.45, 7) is 4.21. The molecule has 0 N–H and O–H groups in total. The predicted octanol–water partition coefficient (Wildman–Crippen LogP) is 2.73. The van der Waals surface area contributed by atoms with E-state index in [1.807, 2.05) is 18.7 Å². The van der Waals surface area contributed by atoms with Gasteiger partial charge in [0.1, 0.15) is 0 Å². The molecule has 0 spiro atoms. The van der Waals surface area contributed by atoms with E-state index in [2.05, 4.69) is 16.5 Å². The summed E-state index contributed by atoms with van der Waals surface area (Å²) in [5.41, 5.74) is 0. The lowest BCUT2D eigenvalue weighted by molar-refractivity contribution is 0.141. The number of aryl methyl sites for hydroxylation is 1. The Kier molecular flexibility index (Phi) is 6.09. The Balaban J connectivity index is 2.15. The molecule has 0 saturated heterocycles. The molecule has 1 heterocycles. The first kappa shape index (κ1) is 12.2. The number of hydrogen-bond acceptors (Lipinski definition) is 2. The van der Waals surface area contributed by atoms with Crippen molar-refractivity contribution in [1.82, 2.24) is 9.55 Å². The molecule has 0 bridgehead atoms. The van der Waals surface area contributed by atoms with E-state index in [9.17, 15) is 0 Å². The number of ether oxygens (including phenoxy) is 1. The second-order valence-electron chi connectivity index (χ2n) is 4.05. The van der Waals surface area contributed by atoms with Gasteiger partial charge in [0.05, 0.1) is 6.33 Å². The molecule has 15 heavy (non-hydrogen) atoms. The number of methoxy groups -OCH3 is 1. The van der Waals surface area contributed by atoms with Crippen LogP contribution in [0.4, 0.5) is 0 Å². The van der Waals surface area contributed by atoms with Crippen molar-refractivity contribution >= 4 is 0 Å². The van der Waals surface area contributed by atoms with E-state index in [0.717, 1.165) is 19.1 Å². The lowest BCUT2D eigenvalue weighted by atomic mass is 9.99. The molecule has 0 unspecified atom stereocenters. The van der Waals surface area contributed by atoms with Crippen molar-refractivity contribution in [3.05, 3.63) is 18.7 Å². The number of hydrogen-bond donors (Lipinski definition) is 0. The molecule has 0 aliphatic carbocycles. The summed E-state index contributed by atoms with van der Waals surface area (Å²) in [5.74, 6) is 0.725. The summed E-state index contributed by atoms with van der Waals surface area (Å²) >= 11 is 0. The average molecular weight is 210 g/mol. The second kappa shape index (κ2) is 7.46. The number of rotatable bonds is 8. The zero-order chi connectivity index (χ0) is 10.9. The van der Waals surface area contributed by atoms with Gasteiger partial charge in [0.25, 0.3) is 0 Å². The summed E-state index contributed by atoms with van der Waals surface area (Å²) in [4.78, 5) is 4.03. The van der Waals surface area contributed by atoms with Crippen molar-refractivity contribution in [3.63, 3.8) is 0 Å². The number of nitrogens with zero attached hydrogens (tertiary/aromatic N) is 2. The third-order valence-corrected chi connectivity index (χ3v) is 2.69. The van der Waals surface area contributed by atoms with Crippen LogP contribution in [0.2, 0.25) is 0 Å². The third kappa shape index (κ3) is 4.98. The van der Waals surface area contributed by atoms with E-state index in [4.69, 9.17) is 4.74 Å². The fraction of sp³-hybridized carbons (Fsp3) is 0.750. The van der Waals surface area contributed by atoms with Gasteiger partial charge in [0, 0.05) is 32.7 Å². The maximum atomic E-state index is 5.23. The van der Waals surface area contributed by atoms with E-state index in [0.29, 0.717) is 0 Å². The standard InChI is InChI=1S/C12H22N2O/c1-3-5-12(10-15-2)6-4-8-14-9-7-13-11-14/h7,9,11-12H,3-6,8,10H2,1-2H3/t12-/m1/s1. The zero-order valence-corrected chi connectivity index (χ0v) is 9.85. The highest BCUT2D eigenvalue weighted by molar-refractivity contribution is 4.73. The lowest BCUT2D eigenvalue weighted by Gasteiger charge is -2.14. The topological polar surface area (TPSA) is 27.1 Å². The highest BCUT2D eigenvalue weighted by atomic mass is 16.5. The van der Waals surface area contributed by atoms with Gasteiger partial charge in [-0.05, 0) is 25.2 Å². The summed E-state index contributed by atoms with van der Waals surface area (Å²) in [5, 5.41) is 0. The fourth-order valence-electron chi connectivity index (χ4n) is 1.94. The van der Waals surface area contributed by atoms with Crippen LogP contribution in [0.3, 0.4) is 0 Å². The van der Waals surface area contributed by atoms with Gasteiger partial charge in [-0.3, -0.25) is 0 Å².